The van der Waals surface area contributed by atoms with Crippen molar-refractivity contribution in [3.05, 3.63) is 36.4 Å². The summed E-state index contributed by atoms with van der Waals surface area (Å²) in [5, 5.41) is 2.75. The zero-order chi connectivity index (χ0) is 18.5. The topological polar surface area (TPSA) is 75.3 Å². The molecule has 0 aliphatic heterocycles. The Morgan fingerprint density at radius 3 is 2.12 bits per heavy atom. The maximum atomic E-state index is 11.8. The van der Waals surface area contributed by atoms with Crippen molar-refractivity contribution in [3.8, 4) is 0 Å². The Morgan fingerprint density at radius 1 is 0.960 bits per heavy atom. The number of nitrogens with one attached hydrogen (secondary N) is 2. The van der Waals surface area contributed by atoms with Crippen molar-refractivity contribution >= 4 is 27.3 Å². The van der Waals surface area contributed by atoms with Crippen LogP contribution in [0.1, 0.15) is 58.3 Å². The zero-order valence-electron chi connectivity index (χ0n) is 15.3. The molecule has 1 aromatic rings. The summed E-state index contributed by atoms with van der Waals surface area (Å²) < 4.78 is 24.6. The Balaban J connectivity index is 2.23. The molecule has 0 saturated heterocycles. The molecule has 0 spiro atoms. The van der Waals surface area contributed by atoms with E-state index in [4.69, 9.17) is 0 Å². The van der Waals surface area contributed by atoms with Crippen LogP contribution in [0.15, 0.2) is 36.4 Å². The van der Waals surface area contributed by atoms with E-state index in [9.17, 15) is 13.2 Å². The number of rotatable bonds is 12. The highest BCUT2D eigenvalue weighted by molar-refractivity contribution is 7.92. The van der Waals surface area contributed by atoms with Gasteiger partial charge in [0.05, 0.1) is 6.26 Å². The minimum Gasteiger partial charge on any atom is -0.323 e. The van der Waals surface area contributed by atoms with Crippen molar-refractivity contribution in [2.75, 3.05) is 16.3 Å². The van der Waals surface area contributed by atoms with E-state index in [0.717, 1.165) is 19.1 Å². The van der Waals surface area contributed by atoms with Crippen molar-refractivity contribution in [2.45, 2.75) is 58.3 Å². The quantitative estimate of drug-likeness (QED) is 0.416. The van der Waals surface area contributed by atoms with Gasteiger partial charge in [0.15, 0.2) is 0 Å². The van der Waals surface area contributed by atoms with Crippen LogP contribution >= 0.6 is 0 Å². The van der Waals surface area contributed by atoms with E-state index < -0.39 is 10.0 Å². The van der Waals surface area contributed by atoms with Gasteiger partial charge in [-0.05, 0) is 43.2 Å². The lowest BCUT2D eigenvalue weighted by Gasteiger charge is -2.06. The van der Waals surface area contributed by atoms with E-state index in [1.807, 2.05) is 6.08 Å². The van der Waals surface area contributed by atoms with Crippen molar-refractivity contribution in [1.82, 2.24) is 0 Å². The average molecular weight is 367 g/mol. The molecule has 0 radical (unpaired) electrons. The third-order valence-corrected chi connectivity index (χ3v) is 4.31. The van der Waals surface area contributed by atoms with Gasteiger partial charge in [0.1, 0.15) is 0 Å². The summed E-state index contributed by atoms with van der Waals surface area (Å²) in [6.07, 6.45) is 14.3. The highest BCUT2D eigenvalue weighted by Gasteiger charge is 2.02. The lowest BCUT2D eigenvalue weighted by atomic mass is 10.1. The summed E-state index contributed by atoms with van der Waals surface area (Å²) in [6, 6.07) is 6.54. The second kappa shape index (κ2) is 11.7. The van der Waals surface area contributed by atoms with E-state index in [-0.39, 0.29) is 5.91 Å². The van der Waals surface area contributed by atoms with Gasteiger partial charge in [0, 0.05) is 11.4 Å². The summed E-state index contributed by atoms with van der Waals surface area (Å²) >= 11 is 0. The van der Waals surface area contributed by atoms with Crippen LogP contribution in [0.25, 0.3) is 0 Å². The Morgan fingerprint density at radius 2 is 1.52 bits per heavy atom. The van der Waals surface area contributed by atoms with E-state index in [2.05, 4.69) is 17.0 Å². The van der Waals surface area contributed by atoms with Gasteiger partial charge >= 0.3 is 0 Å². The van der Waals surface area contributed by atoms with Crippen molar-refractivity contribution in [2.24, 2.45) is 0 Å². The molecule has 140 valence electrons. The third-order valence-electron chi connectivity index (χ3n) is 3.70. The van der Waals surface area contributed by atoms with Gasteiger partial charge in [-0.1, -0.05) is 51.5 Å². The molecule has 6 heteroatoms. The SMILES string of the molecule is CCCCCCCCC/C=C/C(=O)Nc1ccc(NS(C)(=O)=O)cc1. The number of benzene rings is 1. The first-order valence-corrected chi connectivity index (χ1v) is 10.8. The van der Waals surface area contributed by atoms with Crippen LogP contribution in [0.4, 0.5) is 11.4 Å². The van der Waals surface area contributed by atoms with Gasteiger partial charge in [-0.15, -0.1) is 0 Å². The van der Waals surface area contributed by atoms with Crippen LogP contribution in [-0.2, 0) is 14.8 Å². The molecule has 0 aliphatic rings. The number of carbonyl (C=O) groups excluding carboxylic acids is 1. The lowest BCUT2D eigenvalue weighted by Crippen LogP contribution is -2.10. The van der Waals surface area contributed by atoms with Crippen molar-refractivity contribution < 1.29 is 13.2 Å². The molecule has 0 heterocycles. The van der Waals surface area contributed by atoms with Crippen LogP contribution in [0.2, 0.25) is 0 Å². The molecule has 2 N–H and O–H groups in total. The highest BCUT2D eigenvalue weighted by Crippen LogP contribution is 2.14. The molecule has 25 heavy (non-hydrogen) atoms. The number of allylic oxidation sites excluding steroid dienone is 1. The molecule has 1 amide bonds. The number of hydrogen-bond acceptors (Lipinski definition) is 3. The molecule has 5 nitrogen and oxygen atoms in total. The molecule has 0 atom stereocenters. The molecule has 0 unspecified atom stereocenters. The van der Waals surface area contributed by atoms with Crippen LogP contribution < -0.4 is 10.0 Å². The predicted octanol–water partition coefficient (Wildman–Crippen LogP) is 4.69. The van der Waals surface area contributed by atoms with Crippen molar-refractivity contribution in [1.29, 1.82) is 0 Å². The van der Waals surface area contributed by atoms with Crippen LogP contribution in [0.5, 0.6) is 0 Å². The third kappa shape index (κ3) is 11.4. The molecular weight excluding hydrogens is 336 g/mol. The molecule has 0 bridgehead atoms. The van der Waals surface area contributed by atoms with E-state index >= 15 is 0 Å². The number of carbonyl (C=O) groups is 1. The minimum atomic E-state index is -3.29. The Hall–Kier alpha value is -1.82. The molecule has 0 aromatic heterocycles. The fraction of sp³-hybridized carbons (Fsp3) is 0.526. The number of unbranched alkanes of at least 4 members (excludes halogenated alkanes) is 7. The van der Waals surface area contributed by atoms with Gasteiger partial charge in [-0.25, -0.2) is 8.42 Å². The largest absolute Gasteiger partial charge is 0.323 e. The van der Waals surface area contributed by atoms with E-state index in [0.29, 0.717) is 11.4 Å². The lowest BCUT2D eigenvalue weighted by molar-refractivity contribution is -0.111. The van der Waals surface area contributed by atoms with Gasteiger partial charge < -0.3 is 5.32 Å². The highest BCUT2D eigenvalue weighted by atomic mass is 32.2. The maximum absolute atomic E-state index is 11.8. The predicted molar refractivity (Wildman–Crippen MR) is 105 cm³/mol. The summed E-state index contributed by atoms with van der Waals surface area (Å²) in [7, 11) is -3.29. The first-order chi connectivity index (χ1) is 11.9. The number of hydrogen-bond donors (Lipinski definition) is 2. The molecule has 0 saturated carbocycles. The normalized spacial score (nSPS) is 11.6. The van der Waals surface area contributed by atoms with Crippen LogP contribution in [0.3, 0.4) is 0 Å². The van der Waals surface area contributed by atoms with Gasteiger partial charge in [-0.2, -0.15) is 0 Å². The second-order valence-electron chi connectivity index (χ2n) is 6.25. The molecular formula is C19H30N2O3S. The summed E-state index contributed by atoms with van der Waals surface area (Å²) in [4.78, 5) is 11.8. The molecule has 0 aliphatic carbocycles. The minimum absolute atomic E-state index is 0.174. The maximum Gasteiger partial charge on any atom is 0.248 e. The average Bonchev–Trinajstić information content (AvgIpc) is 2.54. The number of amides is 1. The van der Waals surface area contributed by atoms with E-state index in [1.54, 1.807) is 30.3 Å². The number of anilines is 2. The summed E-state index contributed by atoms with van der Waals surface area (Å²) in [6.45, 7) is 2.22. The Bertz CT molecular complexity index is 637. The number of sulfonamides is 1. The molecule has 1 aromatic carbocycles. The Labute approximate surface area is 152 Å². The van der Waals surface area contributed by atoms with Gasteiger partial charge in [0.2, 0.25) is 15.9 Å². The fourth-order valence-electron chi connectivity index (χ4n) is 2.43. The van der Waals surface area contributed by atoms with Crippen LogP contribution in [0, 0.1) is 0 Å². The first kappa shape index (κ1) is 21.2. The van der Waals surface area contributed by atoms with Gasteiger partial charge in [0.25, 0.3) is 0 Å². The standard InChI is InChI=1S/C19H30N2O3S/c1-3-4-5-6-7-8-9-10-11-12-19(22)20-17-13-15-18(16-14-17)21-25(2,23)24/h11-16,21H,3-10H2,1-2H3,(H,20,22)/b12-11+. The van der Waals surface area contributed by atoms with E-state index in [1.165, 1.54) is 38.5 Å². The first-order valence-electron chi connectivity index (χ1n) is 8.96. The zero-order valence-corrected chi connectivity index (χ0v) is 16.1. The second-order valence-corrected chi connectivity index (χ2v) is 8.00. The molecule has 1 rings (SSSR count). The summed E-state index contributed by atoms with van der Waals surface area (Å²) in [5.74, 6) is -0.174. The van der Waals surface area contributed by atoms with Crippen LogP contribution in [-0.4, -0.2) is 20.6 Å². The Kier molecular flexibility index (Phi) is 9.92. The molecule has 0 fully saturated rings. The fourth-order valence-corrected chi connectivity index (χ4v) is 2.99. The van der Waals surface area contributed by atoms with Gasteiger partial charge in [-0.3, -0.25) is 9.52 Å². The van der Waals surface area contributed by atoms with Crippen molar-refractivity contribution in [3.63, 3.8) is 0 Å². The monoisotopic (exact) mass is 366 g/mol. The smallest absolute Gasteiger partial charge is 0.248 e. The summed E-state index contributed by atoms with van der Waals surface area (Å²) in [5.41, 5.74) is 1.10.